The van der Waals surface area contributed by atoms with Crippen LogP contribution in [0.1, 0.15) is 75.8 Å². The molecule has 0 spiro atoms. The highest BCUT2D eigenvalue weighted by atomic mass is 16.3. The Bertz CT molecular complexity index is 731. The van der Waals surface area contributed by atoms with Crippen molar-refractivity contribution in [3.05, 3.63) is 23.0 Å². The van der Waals surface area contributed by atoms with Crippen LogP contribution < -0.4 is 0 Å². The number of allylic oxidation sites excluding steroid dienone is 1. The van der Waals surface area contributed by atoms with E-state index in [9.17, 15) is 4.79 Å². The van der Waals surface area contributed by atoms with E-state index < -0.39 is 0 Å². The Morgan fingerprint density at radius 3 is 2.72 bits per heavy atom. The van der Waals surface area contributed by atoms with Crippen LogP contribution in [0.2, 0.25) is 0 Å². The molecular formula is C22H37N5O2. The lowest BCUT2D eigenvalue weighted by Gasteiger charge is -2.37. The monoisotopic (exact) mass is 403 g/mol. The maximum absolute atomic E-state index is 12.3. The highest BCUT2D eigenvalue weighted by Crippen LogP contribution is 2.41. The predicted molar refractivity (Wildman–Crippen MR) is 114 cm³/mol. The molecule has 0 aromatic carbocycles. The standard InChI is InChI=1S/C22H37N5O2/c1-17-6-5-10-22(2,3)19(17)9-13-26-11-7-18(8-12-26)27-16-20(23-24-27)21(29)25(4)14-15-28/h16,18,28H,5-15H2,1-4H3. The number of aliphatic hydroxyl groups excluding tert-OH is 1. The summed E-state index contributed by atoms with van der Waals surface area (Å²) in [6.07, 6.45) is 8.91. The normalized spacial score (nSPS) is 20.9. The molecular weight excluding hydrogens is 366 g/mol. The molecule has 1 aliphatic carbocycles. The third kappa shape index (κ3) is 5.25. The summed E-state index contributed by atoms with van der Waals surface area (Å²) in [4.78, 5) is 16.3. The largest absolute Gasteiger partial charge is 0.395 e. The first-order valence-corrected chi connectivity index (χ1v) is 11.0. The van der Waals surface area contributed by atoms with Crippen molar-refractivity contribution in [3.8, 4) is 0 Å². The number of aromatic nitrogens is 3. The molecule has 2 heterocycles. The van der Waals surface area contributed by atoms with Crippen LogP contribution in [0.3, 0.4) is 0 Å². The van der Waals surface area contributed by atoms with Gasteiger partial charge in [0.05, 0.1) is 18.8 Å². The van der Waals surface area contributed by atoms with Gasteiger partial charge in [0.15, 0.2) is 5.69 Å². The van der Waals surface area contributed by atoms with Crippen LogP contribution in [0.15, 0.2) is 17.3 Å². The predicted octanol–water partition coefficient (Wildman–Crippen LogP) is 2.90. The number of piperidine rings is 1. The molecule has 1 saturated heterocycles. The molecule has 0 radical (unpaired) electrons. The van der Waals surface area contributed by atoms with E-state index in [0.717, 1.165) is 32.5 Å². The van der Waals surface area contributed by atoms with Crippen LogP contribution in [0.25, 0.3) is 0 Å². The first-order chi connectivity index (χ1) is 13.8. The zero-order valence-corrected chi connectivity index (χ0v) is 18.5. The summed E-state index contributed by atoms with van der Waals surface area (Å²) >= 11 is 0. The van der Waals surface area contributed by atoms with E-state index in [1.54, 1.807) is 24.4 Å². The number of rotatable bonds is 7. The molecule has 1 aliphatic heterocycles. The van der Waals surface area contributed by atoms with Crippen LogP contribution in [-0.4, -0.2) is 75.6 Å². The van der Waals surface area contributed by atoms with E-state index in [1.165, 1.54) is 30.6 Å². The third-order valence-electron chi connectivity index (χ3n) is 6.81. The average molecular weight is 404 g/mol. The second-order valence-electron chi connectivity index (χ2n) is 9.35. The first kappa shape index (κ1) is 22.0. The summed E-state index contributed by atoms with van der Waals surface area (Å²) in [6.45, 7) is 10.6. The first-order valence-electron chi connectivity index (χ1n) is 11.0. The van der Waals surface area contributed by atoms with Crippen molar-refractivity contribution < 1.29 is 9.90 Å². The van der Waals surface area contributed by atoms with Crippen molar-refractivity contribution in [2.24, 2.45) is 5.41 Å². The molecule has 0 unspecified atom stereocenters. The van der Waals surface area contributed by atoms with Gasteiger partial charge in [0.1, 0.15) is 0 Å². The lowest BCUT2D eigenvalue weighted by atomic mass is 9.71. The van der Waals surface area contributed by atoms with Gasteiger partial charge in [-0.2, -0.15) is 0 Å². The van der Waals surface area contributed by atoms with Crippen molar-refractivity contribution in [3.63, 3.8) is 0 Å². The minimum Gasteiger partial charge on any atom is -0.395 e. The number of hydrogen-bond acceptors (Lipinski definition) is 5. The molecule has 1 fully saturated rings. The molecule has 1 aromatic heterocycles. The van der Waals surface area contributed by atoms with Gasteiger partial charge in [-0.25, -0.2) is 4.68 Å². The molecule has 1 N–H and O–H groups in total. The van der Waals surface area contributed by atoms with Gasteiger partial charge in [-0.05, 0) is 50.9 Å². The van der Waals surface area contributed by atoms with Gasteiger partial charge >= 0.3 is 0 Å². The molecule has 29 heavy (non-hydrogen) atoms. The second kappa shape index (κ2) is 9.39. The molecule has 1 aromatic rings. The molecule has 7 heteroatoms. The lowest BCUT2D eigenvalue weighted by molar-refractivity contribution is 0.0761. The number of carbonyl (C=O) groups excluding carboxylic acids is 1. The quantitative estimate of drug-likeness (QED) is 0.709. The van der Waals surface area contributed by atoms with E-state index in [1.807, 2.05) is 4.68 Å². The molecule has 162 valence electrons. The van der Waals surface area contributed by atoms with E-state index in [2.05, 4.69) is 36.0 Å². The van der Waals surface area contributed by atoms with Gasteiger partial charge < -0.3 is 14.9 Å². The molecule has 0 atom stereocenters. The van der Waals surface area contributed by atoms with E-state index in [-0.39, 0.29) is 12.5 Å². The number of carbonyl (C=O) groups is 1. The van der Waals surface area contributed by atoms with Crippen molar-refractivity contribution in [2.75, 3.05) is 39.8 Å². The molecule has 1 amide bonds. The zero-order chi connectivity index (χ0) is 21.0. The summed E-state index contributed by atoms with van der Waals surface area (Å²) < 4.78 is 1.86. The molecule has 0 saturated carbocycles. The van der Waals surface area contributed by atoms with Gasteiger partial charge in [-0.15, -0.1) is 5.10 Å². The minimum absolute atomic E-state index is 0.0531. The van der Waals surface area contributed by atoms with Crippen LogP contribution in [0.4, 0.5) is 0 Å². The maximum Gasteiger partial charge on any atom is 0.275 e. The number of hydrogen-bond donors (Lipinski definition) is 1. The molecule has 7 nitrogen and oxygen atoms in total. The molecule has 0 bridgehead atoms. The summed E-state index contributed by atoms with van der Waals surface area (Å²) in [5, 5.41) is 17.3. The average Bonchev–Trinajstić information content (AvgIpc) is 3.17. The highest BCUT2D eigenvalue weighted by molar-refractivity contribution is 5.91. The van der Waals surface area contributed by atoms with E-state index in [4.69, 9.17) is 5.11 Å². The topological polar surface area (TPSA) is 74.5 Å². The Morgan fingerprint density at radius 2 is 2.07 bits per heavy atom. The number of likely N-dealkylation sites (tertiary alicyclic amines) is 1. The number of likely N-dealkylation sites (N-methyl/N-ethyl adjacent to an activating group) is 1. The van der Waals surface area contributed by atoms with Crippen molar-refractivity contribution in [2.45, 2.75) is 65.3 Å². The van der Waals surface area contributed by atoms with Crippen LogP contribution in [0.5, 0.6) is 0 Å². The van der Waals surface area contributed by atoms with E-state index >= 15 is 0 Å². The maximum atomic E-state index is 12.3. The van der Waals surface area contributed by atoms with Crippen LogP contribution in [-0.2, 0) is 0 Å². The second-order valence-corrected chi connectivity index (χ2v) is 9.35. The molecule has 3 rings (SSSR count). The Kier molecular flexibility index (Phi) is 7.11. The van der Waals surface area contributed by atoms with Crippen molar-refractivity contribution in [1.82, 2.24) is 24.8 Å². The van der Waals surface area contributed by atoms with Gasteiger partial charge in [-0.1, -0.05) is 30.2 Å². The van der Waals surface area contributed by atoms with Gasteiger partial charge in [-0.3, -0.25) is 4.79 Å². The Labute approximate surface area is 174 Å². The van der Waals surface area contributed by atoms with Gasteiger partial charge in [0, 0.05) is 33.2 Å². The Balaban J connectivity index is 1.50. The highest BCUT2D eigenvalue weighted by Gasteiger charge is 2.29. The fourth-order valence-corrected chi connectivity index (χ4v) is 4.90. The van der Waals surface area contributed by atoms with Crippen LogP contribution >= 0.6 is 0 Å². The number of amides is 1. The smallest absolute Gasteiger partial charge is 0.275 e. The Hall–Kier alpha value is -1.73. The summed E-state index contributed by atoms with van der Waals surface area (Å²) in [7, 11) is 1.67. The van der Waals surface area contributed by atoms with Gasteiger partial charge in [0.2, 0.25) is 0 Å². The fourth-order valence-electron chi connectivity index (χ4n) is 4.90. The van der Waals surface area contributed by atoms with Crippen molar-refractivity contribution >= 4 is 5.91 Å². The molecule has 2 aliphatic rings. The minimum atomic E-state index is -0.193. The number of aliphatic hydroxyl groups is 1. The summed E-state index contributed by atoms with van der Waals surface area (Å²) in [5.74, 6) is -0.193. The van der Waals surface area contributed by atoms with Crippen LogP contribution in [0, 0.1) is 5.41 Å². The van der Waals surface area contributed by atoms with E-state index in [0.29, 0.717) is 23.7 Å². The number of nitrogens with zero attached hydrogens (tertiary/aromatic N) is 5. The lowest BCUT2D eigenvalue weighted by Crippen LogP contribution is -2.36. The third-order valence-corrected chi connectivity index (χ3v) is 6.81. The Morgan fingerprint density at radius 1 is 1.34 bits per heavy atom. The van der Waals surface area contributed by atoms with Crippen molar-refractivity contribution in [1.29, 1.82) is 0 Å². The zero-order valence-electron chi connectivity index (χ0n) is 18.5. The van der Waals surface area contributed by atoms with Gasteiger partial charge in [0.25, 0.3) is 5.91 Å². The summed E-state index contributed by atoms with van der Waals surface area (Å²) in [6, 6.07) is 0.301. The SMILES string of the molecule is CC1=C(CCN2CCC(n3cc(C(=O)N(C)CCO)nn3)CC2)C(C)(C)CCC1. The fraction of sp³-hybridized carbons (Fsp3) is 0.773. The summed E-state index contributed by atoms with van der Waals surface area (Å²) in [5.41, 5.74) is 4.00.